The lowest BCUT2D eigenvalue weighted by molar-refractivity contribution is -0.142. The summed E-state index contributed by atoms with van der Waals surface area (Å²) in [6.45, 7) is 2.33. The predicted octanol–water partition coefficient (Wildman–Crippen LogP) is 3.81. The van der Waals surface area contributed by atoms with Crippen LogP contribution in [0.1, 0.15) is 35.7 Å². The Morgan fingerprint density at radius 3 is 2.38 bits per heavy atom. The highest BCUT2D eigenvalue weighted by atomic mass is 35.5. The number of amides is 1. The summed E-state index contributed by atoms with van der Waals surface area (Å²) in [4.78, 5) is 37.2. The van der Waals surface area contributed by atoms with E-state index in [2.05, 4.69) is 10.6 Å². The van der Waals surface area contributed by atoms with Gasteiger partial charge >= 0.3 is 11.9 Å². The molecule has 10 heteroatoms. The third-order valence-corrected chi connectivity index (χ3v) is 5.39. The normalized spacial score (nSPS) is 11.4. The summed E-state index contributed by atoms with van der Waals surface area (Å²) in [6, 6.07) is 9.43. The molecular weight excluding hydrogens is 483 g/mol. The van der Waals surface area contributed by atoms with E-state index in [9.17, 15) is 14.4 Å². The topological polar surface area (TPSA) is 103 Å². The molecule has 0 saturated heterocycles. The average Bonchev–Trinajstić information content (AvgIpc) is 2.81. The molecule has 34 heavy (non-hydrogen) atoms. The maximum Gasteiger partial charge on any atom is 0.328 e. The smallest absolute Gasteiger partial charge is 0.328 e. The number of ether oxygens (including phenoxy) is 3. The number of rotatable bonds is 12. The zero-order valence-electron chi connectivity index (χ0n) is 19.3. The van der Waals surface area contributed by atoms with E-state index in [4.69, 9.17) is 37.4 Å². The fraction of sp³-hybridized carbons (Fsp3) is 0.375. The molecule has 0 fully saturated rings. The van der Waals surface area contributed by atoms with Gasteiger partial charge in [-0.3, -0.25) is 9.59 Å². The number of carbonyl (C=O) groups is 3. The van der Waals surface area contributed by atoms with Gasteiger partial charge in [0.2, 0.25) is 0 Å². The monoisotopic (exact) mass is 510 g/mol. The van der Waals surface area contributed by atoms with Gasteiger partial charge in [-0.05, 0) is 38.1 Å². The Labute approximate surface area is 208 Å². The van der Waals surface area contributed by atoms with E-state index in [-0.39, 0.29) is 33.5 Å². The molecule has 0 aromatic heterocycles. The summed E-state index contributed by atoms with van der Waals surface area (Å²) in [5.41, 5.74) is 0.700. The first-order valence-electron chi connectivity index (χ1n) is 10.7. The molecule has 0 aliphatic heterocycles. The van der Waals surface area contributed by atoms with Gasteiger partial charge in [0.05, 0.1) is 24.3 Å². The molecule has 2 rings (SSSR count). The molecule has 0 unspecified atom stereocenters. The van der Waals surface area contributed by atoms with Crippen molar-refractivity contribution in [2.45, 2.75) is 32.2 Å². The lowest BCUT2D eigenvalue weighted by Gasteiger charge is -2.19. The second-order valence-electron chi connectivity index (χ2n) is 7.37. The number of benzene rings is 2. The molecule has 184 valence electrons. The van der Waals surface area contributed by atoms with Crippen molar-refractivity contribution in [2.24, 2.45) is 0 Å². The number of unbranched alkanes of at least 4 members (excludes halogenated alkanes) is 1. The predicted molar refractivity (Wildman–Crippen MR) is 130 cm³/mol. The van der Waals surface area contributed by atoms with Crippen LogP contribution in [0.3, 0.4) is 0 Å². The molecule has 0 saturated carbocycles. The van der Waals surface area contributed by atoms with Crippen molar-refractivity contribution in [2.75, 3.05) is 27.3 Å². The van der Waals surface area contributed by atoms with Crippen LogP contribution in [-0.2, 0) is 20.7 Å². The largest absolute Gasteiger partial charge is 0.490 e. The summed E-state index contributed by atoms with van der Waals surface area (Å²) >= 11 is 12.8. The van der Waals surface area contributed by atoms with Crippen LogP contribution in [-0.4, -0.2) is 51.2 Å². The third-order valence-electron chi connectivity index (χ3n) is 4.76. The molecule has 0 aliphatic rings. The highest BCUT2D eigenvalue weighted by molar-refractivity contribution is 6.39. The molecule has 2 aromatic rings. The first-order chi connectivity index (χ1) is 16.3. The van der Waals surface area contributed by atoms with E-state index < -0.39 is 23.9 Å². The van der Waals surface area contributed by atoms with Crippen molar-refractivity contribution < 1.29 is 28.6 Å². The highest BCUT2D eigenvalue weighted by Crippen LogP contribution is 2.43. The van der Waals surface area contributed by atoms with Crippen molar-refractivity contribution >= 4 is 41.0 Å². The average molecular weight is 511 g/mol. The number of carbonyl (C=O) groups excluding carboxylic acids is 3. The minimum absolute atomic E-state index is 0.0670. The van der Waals surface area contributed by atoms with E-state index in [1.54, 1.807) is 0 Å². The van der Waals surface area contributed by atoms with Crippen LogP contribution in [0.2, 0.25) is 10.0 Å². The second-order valence-corrected chi connectivity index (χ2v) is 8.16. The van der Waals surface area contributed by atoms with Gasteiger partial charge in [-0.15, -0.1) is 0 Å². The molecule has 0 radical (unpaired) electrons. The Kier molecular flexibility index (Phi) is 11.1. The van der Waals surface area contributed by atoms with E-state index in [1.165, 1.54) is 20.1 Å². The fourth-order valence-electron chi connectivity index (χ4n) is 3.13. The molecule has 1 amide bonds. The minimum Gasteiger partial charge on any atom is -0.490 e. The molecule has 0 aliphatic carbocycles. The van der Waals surface area contributed by atoms with Crippen molar-refractivity contribution in [3.63, 3.8) is 0 Å². The standard InChI is InChI=1S/C24H28Cl2N2O6/c1-15(29)34-21-17(14-18(25)22(20(21)26)33-12-8-7-11-27-2)23(30)28-19(24(31)32-3)13-16-9-5-4-6-10-16/h4-6,9-10,14,19,27H,7-8,11-13H2,1-3H3,(H,28,30)/t19-/m0/s1. The fourth-order valence-corrected chi connectivity index (χ4v) is 3.73. The van der Waals surface area contributed by atoms with Crippen molar-refractivity contribution in [1.29, 1.82) is 0 Å². The van der Waals surface area contributed by atoms with Gasteiger partial charge in [-0.25, -0.2) is 4.79 Å². The number of esters is 2. The number of hydrogen-bond donors (Lipinski definition) is 2. The van der Waals surface area contributed by atoms with Crippen LogP contribution in [0.25, 0.3) is 0 Å². The van der Waals surface area contributed by atoms with Crippen LogP contribution in [0.5, 0.6) is 11.5 Å². The lowest BCUT2D eigenvalue weighted by Crippen LogP contribution is -2.43. The first-order valence-corrected chi connectivity index (χ1v) is 11.4. The van der Waals surface area contributed by atoms with Gasteiger partial charge in [-0.1, -0.05) is 53.5 Å². The van der Waals surface area contributed by atoms with Crippen molar-refractivity contribution in [1.82, 2.24) is 10.6 Å². The zero-order chi connectivity index (χ0) is 25.1. The van der Waals surface area contributed by atoms with Crippen LogP contribution < -0.4 is 20.1 Å². The molecule has 8 nitrogen and oxygen atoms in total. The summed E-state index contributed by atoms with van der Waals surface area (Å²) < 4.78 is 15.8. The minimum atomic E-state index is -0.995. The van der Waals surface area contributed by atoms with Crippen LogP contribution in [0.15, 0.2) is 36.4 Å². The van der Waals surface area contributed by atoms with Gasteiger partial charge in [0.25, 0.3) is 5.91 Å². The van der Waals surface area contributed by atoms with E-state index in [0.717, 1.165) is 24.9 Å². The molecule has 0 spiro atoms. The SMILES string of the molecule is CNCCCCOc1c(Cl)cc(C(=O)N[C@@H](Cc2ccccc2)C(=O)OC)c(OC(C)=O)c1Cl. The Bertz CT molecular complexity index is 1000. The quantitative estimate of drug-likeness (QED) is 0.254. The number of methoxy groups -OCH3 is 1. The Balaban J connectivity index is 2.32. The van der Waals surface area contributed by atoms with Gasteiger partial charge < -0.3 is 24.8 Å². The zero-order valence-corrected chi connectivity index (χ0v) is 20.8. The lowest BCUT2D eigenvalue weighted by atomic mass is 10.1. The van der Waals surface area contributed by atoms with Gasteiger partial charge in [0, 0.05) is 13.3 Å². The molecule has 2 aromatic carbocycles. The van der Waals surface area contributed by atoms with E-state index in [1.807, 2.05) is 37.4 Å². The third kappa shape index (κ3) is 7.90. The molecule has 2 N–H and O–H groups in total. The van der Waals surface area contributed by atoms with E-state index >= 15 is 0 Å². The summed E-state index contributed by atoms with van der Waals surface area (Å²) in [7, 11) is 3.08. The number of nitrogens with one attached hydrogen (secondary N) is 2. The highest BCUT2D eigenvalue weighted by Gasteiger charge is 2.28. The summed E-state index contributed by atoms with van der Waals surface area (Å²) in [6.07, 6.45) is 1.80. The number of halogens is 2. The Morgan fingerprint density at radius 1 is 1.06 bits per heavy atom. The van der Waals surface area contributed by atoms with Crippen LogP contribution in [0, 0.1) is 0 Å². The first kappa shape index (κ1) is 27.4. The Hall–Kier alpha value is -2.81. The van der Waals surface area contributed by atoms with Crippen molar-refractivity contribution in [3.05, 3.63) is 57.6 Å². The summed E-state index contributed by atoms with van der Waals surface area (Å²) in [5, 5.41) is 5.61. The van der Waals surface area contributed by atoms with Crippen LogP contribution >= 0.6 is 23.2 Å². The van der Waals surface area contributed by atoms with E-state index in [0.29, 0.717) is 6.61 Å². The molecule has 1 atom stereocenters. The summed E-state index contributed by atoms with van der Waals surface area (Å²) in [5.74, 6) is -2.14. The van der Waals surface area contributed by atoms with Gasteiger partial charge in [-0.2, -0.15) is 0 Å². The number of hydrogen-bond acceptors (Lipinski definition) is 7. The van der Waals surface area contributed by atoms with Gasteiger partial charge in [0.1, 0.15) is 11.1 Å². The maximum atomic E-state index is 13.1. The van der Waals surface area contributed by atoms with Crippen molar-refractivity contribution in [3.8, 4) is 11.5 Å². The molecule has 0 bridgehead atoms. The maximum absolute atomic E-state index is 13.1. The van der Waals surface area contributed by atoms with Crippen LogP contribution in [0.4, 0.5) is 0 Å². The second kappa shape index (κ2) is 13.8. The van der Waals surface area contributed by atoms with Gasteiger partial charge in [0.15, 0.2) is 11.5 Å². The molecular formula is C24H28Cl2N2O6. The Morgan fingerprint density at radius 2 is 1.76 bits per heavy atom. The molecule has 0 heterocycles.